The summed E-state index contributed by atoms with van der Waals surface area (Å²) in [5.74, 6) is -2.28. The van der Waals surface area contributed by atoms with Crippen molar-refractivity contribution in [2.75, 3.05) is 0 Å². The second kappa shape index (κ2) is 3.75. The van der Waals surface area contributed by atoms with Crippen molar-refractivity contribution in [1.82, 2.24) is 0 Å². The molecule has 0 aliphatic heterocycles. The Morgan fingerprint density at radius 3 is 2.43 bits per heavy atom. The summed E-state index contributed by atoms with van der Waals surface area (Å²) in [5, 5.41) is 8.60. The van der Waals surface area contributed by atoms with Crippen molar-refractivity contribution in [2.24, 2.45) is 0 Å². The number of carboxylic acids is 1. The molecular formula is C8H7FO4S. The monoisotopic (exact) mass is 218 g/mol. The lowest BCUT2D eigenvalue weighted by Crippen LogP contribution is -2.03. The molecule has 76 valence electrons. The van der Waals surface area contributed by atoms with Crippen molar-refractivity contribution in [1.29, 1.82) is 0 Å². The molecule has 0 fully saturated rings. The normalized spacial score (nSPS) is 10.5. The minimum Gasteiger partial charge on any atom is -0.478 e. The molecule has 0 unspecified atom stereocenters. The van der Waals surface area contributed by atoms with Crippen molar-refractivity contribution in [3.8, 4) is 0 Å². The molecule has 0 bridgehead atoms. The summed E-state index contributed by atoms with van der Waals surface area (Å²) in [6, 6.07) is 2.01. The van der Waals surface area contributed by atoms with E-state index in [1.54, 1.807) is 0 Å². The van der Waals surface area contributed by atoms with Gasteiger partial charge in [-0.3, -0.25) is 0 Å². The Bertz CT molecular complexity index is 457. The van der Waals surface area contributed by atoms with Crippen LogP contribution >= 0.6 is 0 Å². The predicted molar refractivity (Wildman–Crippen MR) is 46.7 cm³/mol. The maximum absolute atomic E-state index is 13.2. The van der Waals surface area contributed by atoms with Crippen LogP contribution in [-0.2, 0) is 10.7 Å². The van der Waals surface area contributed by atoms with Gasteiger partial charge in [0.15, 0.2) is 10.7 Å². The average Bonchev–Trinajstić information content (AvgIpc) is 2.08. The molecule has 6 heteroatoms. The summed E-state index contributed by atoms with van der Waals surface area (Å²) in [6.07, 6.45) is 0. The van der Waals surface area contributed by atoms with Gasteiger partial charge in [0.1, 0.15) is 10.7 Å². The molecule has 1 aromatic carbocycles. The van der Waals surface area contributed by atoms with Crippen LogP contribution in [0.5, 0.6) is 0 Å². The second-order valence-corrected chi connectivity index (χ2v) is 3.63. The maximum atomic E-state index is 13.2. The smallest absolute Gasteiger partial charge is 0.336 e. The van der Waals surface area contributed by atoms with Crippen molar-refractivity contribution < 1.29 is 22.7 Å². The molecule has 0 aliphatic carbocycles. The molecule has 0 spiro atoms. The Morgan fingerprint density at radius 2 is 2.00 bits per heavy atom. The van der Waals surface area contributed by atoms with E-state index in [0.717, 1.165) is 12.1 Å². The topological polar surface area (TPSA) is 71.4 Å². The van der Waals surface area contributed by atoms with E-state index in [4.69, 9.17) is 5.11 Å². The first-order valence-corrected chi connectivity index (χ1v) is 4.79. The molecule has 1 N–H and O–H groups in total. The van der Waals surface area contributed by atoms with Gasteiger partial charge >= 0.3 is 5.97 Å². The Morgan fingerprint density at radius 1 is 1.43 bits per heavy atom. The predicted octanol–water partition coefficient (Wildman–Crippen LogP) is 0.803. The van der Waals surface area contributed by atoms with Crippen LogP contribution in [0.2, 0.25) is 0 Å². The van der Waals surface area contributed by atoms with Crippen molar-refractivity contribution in [2.45, 2.75) is 11.8 Å². The molecule has 0 aromatic heterocycles. The summed E-state index contributed by atoms with van der Waals surface area (Å²) in [7, 11) is -3.03. The molecule has 0 atom stereocenters. The standard InChI is InChI=1S/C8H7FO4S/c1-4-5(8(10)11)2-3-6(7(4)9)14(12)13/h2-3,14H,1H3,(H,10,11). The van der Waals surface area contributed by atoms with Crippen molar-refractivity contribution in [3.05, 3.63) is 29.1 Å². The summed E-state index contributed by atoms with van der Waals surface area (Å²) < 4.78 is 34.2. The van der Waals surface area contributed by atoms with E-state index in [2.05, 4.69) is 0 Å². The van der Waals surface area contributed by atoms with Crippen molar-refractivity contribution in [3.63, 3.8) is 0 Å². The van der Waals surface area contributed by atoms with Crippen molar-refractivity contribution >= 4 is 16.7 Å². The highest BCUT2D eigenvalue weighted by molar-refractivity contribution is 7.72. The van der Waals surface area contributed by atoms with Gasteiger partial charge in [0, 0.05) is 5.56 Å². The Labute approximate surface area is 80.9 Å². The molecule has 1 aromatic rings. The van der Waals surface area contributed by atoms with E-state index in [1.807, 2.05) is 0 Å². The molecule has 0 aliphatic rings. The Balaban J connectivity index is 3.48. The average molecular weight is 218 g/mol. The van der Waals surface area contributed by atoms with E-state index in [1.165, 1.54) is 6.92 Å². The maximum Gasteiger partial charge on any atom is 0.336 e. The quantitative estimate of drug-likeness (QED) is 0.720. The minimum absolute atomic E-state index is 0.172. The summed E-state index contributed by atoms with van der Waals surface area (Å²) in [4.78, 5) is 10.1. The number of benzene rings is 1. The number of halogens is 1. The SMILES string of the molecule is Cc1c(C(=O)O)ccc([SH](=O)=O)c1F. The van der Waals surface area contributed by atoms with Crippen LogP contribution < -0.4 is 0 Å². The highest BCUT2D eigenvalue weighted by Crippen LogP contribution is 2.17. The first-order valence-electron chi connectivity index (χ1n) is 3.62. The van der Waals surface area contributed by atoms with Gasteiger partial charge in [0.25, 0.3) is 0 Å². The third-order valence-electron chi connectivity index (χ3n) is 1.79. The second-order valence-electron chi connectivity index (χ2n) is 2.63. The van der Waals surface area contributed by atoms with E-state index in [-0.39, 0.29) is 11.1 Å². The zero-order valence-electron chi connectivity index (χ0n) is 7.15. The van der Waals surface area contributed by atoms with Gasteiger partial charge < -0.3 is 5.11 Å². The third kappa shape index (κ3) is 1.74. The number of carboxylic acid groups (broad SMARTS) is 1. The van der Waals surface area contributed by atoms with Gasteiger partial charge in [-0.2, -0.15) is 0 Å². The van der Waals surface area contributed by atoms with Crippen LogP contribution in [0.3, 0.4) is 0 Å². The van der Waals surface area contributed by atoms with Gasteiger partial charge in [0.2, 0.25) is 0 Å². The van der Waals surface area contributed by atoms with Crippen LogP contribution in [0, 0.1) is 12.7 Å². The molecule has 0 radical (unpaired) electrons. The highest BCUT2D eigenvalue weighted by Gasteiger charge is 2.15. The number of rotatable bonds is 2. The zero-order valence-corrected chi connectivity index (χ0v) is 8.05. The summed E-state index contributed by atoms with van der Waals surface area (Å²) >= 11 is 0. The largest absolute Gasteiger partial charge is 0.478 e. The van der Waals surface area contributed by atoms with Crippen LogP contribution in [-0.4, -0.2) is 19.5 Å². The molecule has 0 saturated carbocycles. The van der Waals surface area contributed by atoms with Crippen LogP contribution in [0.1, 0.15) is 15.9 Å². The van der Waals surface area contributed by atoms with E-state index in [9.17, 15) is 17.6 Å². The summed E-state index contributed by atoms with van der Waals surface area (Å²) in [5.41, 5.74) is -0.405. The molecule has 0 saturated heterocycles. The number of thiol groups is 1. The van der Waals surface area contributed by atoms with Gasteiger partial charge in [-0.15, -0.1) is 0 Å². The Hall–Kier alpha value is -1.43. The Kier molecular flexibility index (Phi) is 2.85. The van der Waals surface area contributed by atoms with E-state index < -0.39 is 27.4 Å². The van der Waals surface area contributed by atoms with Crippen LogP contribution in [0.4, 0.5) is 4.39 Å². The fourth-order valence-corrected chi connectivity index (χ4v) is 1.57. The minimum atomic E-state index is -3.03. The van der Waals surface area contributed by atoms with Gasteiger partial charge in [-0.1, -0.05) is 0 Å². The van der Waals surface area contributed by atoms with Gasteiger partial charge in [-0.25, -0.2) is 17.6 Å². The van der Waals surface area contributed by atoms with Crippen LogP contribution in [0.15, 0.2) is 17.0 Å². The lowest BCUT2D eigenvalue weighted by atomic mass is 10.1. The third-order valence-corrected chi connectivity index (χ3v) is 2.53. The zero-order chi connectivity index (χ0) is 10.9. The summed E-state index contributed by atoms with van der Waals surface area (Å²) in [6.45, 7) is 1.22. The highest BCUT2D eigenvalue weighted by atomic mass is 32.2. The fraction of sp³-hybridized carbons (Fsp3) is 0.125. The molecule has 1 rings (SSSR count). The molecular weight excluding hydrogens is 211 g/mol. The van der Waals surface area contributed by atoms with Gasteiger partial charge in [0.05, 0.1) is 5.56 Å². The van der Waals surface area contributed by atoms with E-state index in [0.29, 0.717) is 0 Å². The number of hydrogen-bond acceptors (Lipinski definition) is 3. The van der Waals surface area contributed by atoms with Gasteiger partial charge in [-0.05, 0) is 19.1 Å². The molecule has 4 nitrogen and oxygen atoms in total. The number of hydrogen-bond donors (Lipinski definition) is 2. The molecule has 14 heavy (non-hydrogen) atoms. The van der Waals surface area contributed by atoms with E-state index >= 15 is 0 Å². The molecule has 0 amide bonds. The fourth-order valence-electron chi connectivity index (χ4n) is 1.04. The first-order chi connectivity index (χ1) is 6.45. The molecule has 0 heterocycles. The lowest BCUT2D eigenvalue weighted by Gasteiger charge is -2.03. The number of aromatic carboxylic acids is 1. The lowest BCUT2D eigenvalue weighted by molar-refractivity contribution is 0.0695. The van der Waals surface area contributed by atoms with Crippen LogP contribution in [0.25, 0.3) is 0 Å². The number of carbonyl (C=O) groups is 1. The first kappa shape index (κ1) is 10.6.